The number of hydrogen-bond donors (Lipinski definition) is 1. The Hall–Kier alpha value is -2.48. The van der Waals surface area contributed by atoms with Gasteiger partial charge in [-0.3, -0.25) is 9.59 Å². The highest BCUT2D eigenvalue weighted by atomic mass is 35.5. The molecule has 0 spiro atoms. The van der Waals surface area contributed by atoms with Crippen LogP contribution in [-0.4, -0.2) is 28.9 Å². The molecule has 2 aliphatic rings. The van der Waals surface area contributed by atoms with Gasteiger partial charge in [-0.2, -0.15) is 13.2 Å². The predicted molar refractivity (Wildman–Crippen MR) is 102 cm³/mol. The summed E-state index contributed by atoms with van der Waals surface area (Å²) in [5, 5.41) is 0.495. The van der Waals surface area contributed by atoms with Gasteiger partial charge in [0, 0.05) is 30.3 Å². The van der Waals surface area contributed by atoms with Crippen molar-refractivity contribution >= 4 is 23.5 Å². The third-order valence-corrected chi connectivity index (χ3v) is 5.76. The molecule has 9 heteroatoms. The van der Waals surface area contributed by atoms with Crippen molar-refractivity contribution in [3.8, 4) is 11.3 Å². The van der Waals surface area contributed by atoms with Crippen LogP contribution in [0.1, 0.15) is 37.9 Å². The van der Waals surface area contributed by atoms with Crippen molar-refractivity contribution in [2.24, 2.45) is 5.92 Å². The van der Waals surface area contributed by atoms with Gasteiger partial charge in [0.15, 0.2) is 5.92 Å². The Balaban J connectivity index is 1.74. The number of carbonyl (C=O) groups excluding carboxylic acids is 2. The van der Waals surface area contributed by atoms with Gasteiger partial charge in [0.25, 0.3) is 5.79 Å². The molecule has 160 valence electrons. The Kier molecular flexibility index (Phi) is 4.69. The van der Waals surface area contributed by atoms with E-state index in [9.17, 15) is 22.8 Å². The van der Waals surface area contributed by atoms with Crippen LogP contribution in [0.4, 0.5) is 13.2 Å². The minimum absolute atomic E-state index is 0.0228. The summed E-state index contributed by atoms with van der Waals surface area (Å²) >= 11 is 5.90. The number of aromatic amines is 1. The molecule has 0 bridgehead atoms. The normalized spacial score (nSPS) is 20.6. The Morgan fingerprint density at radius 3 is 2.17 bits per heavy atom. The van der Waals surface area contributed by atoms with Crippen LogP contribution in [0.3, 0.4) is 0 Å². The monoisotopic (exact) mass is 441 g/mol. The van der Waals surface area contributed by atoms with E-state index in [-0.39, 0.29) is 30.5 Å². The molecule has 1 aromatic carbocycles. The fourth-order valence-corrected chi connectivity index (χ4v) is 3.93. The van der Waals surface area contributed by atoms with Crippen molar-refractivity contribution < 1.29 is 32.2 Å². The zero-order valence-corrected chi connectivity index (χ0v) is 17.0. The lowest BCUT2D eigenvalue weighted by Crippen LogP contribution is -2.47. The molecule has 0 radical (unpaired) electrons. The maximum absolute atomic E-state index is 13.8. The summed E-state index contributed by atoms with van der Waals surface area (Å²) in [4.78, 5) is 27.6. The second-order valence-corrected chi connectivity index (χ2v) is 8.61. The van der Waals surface area contributed by atoms with Gasteiger partial charge in [-0.05, 0) is 48.6 Å². The van der Waals surface area contributed by atoms with Crippen molar-refractivity contribution in [3.63, 3.8) is 0 Å². The number of aromatic nitrogens is 1. The average Bonchev–Trinajstić information content (AvgIpc) is 3.33. The Morgan fingerprint density at radius 1 is 1.10 bits per heavy atom. The van der Waals surface area contributed by atoms with Gasteiger partial charge in [-0.15, -0.1) is 0 Å². The van der Waals surface area contributed by atoms with Gasteiger partial charge in [0.1, 0.15) is 5.41 Å². The number of H-pyrrole nitrogens is 1. The van der Waals surface area contributed by atoms with E-state index in [0.717, 1.165) is 0 Å². The van der Waals surface area contributed by atoms with Gasteiger partial charge in [-0.1, -0.05) is 23.7 Å². The molecule has 5 nitrogen and oxygen atoms in total. The van der Waals surface area contributed by atoms with Gasteiger partial charge in [-0.25, -0.2) is 0 Å². The highest BCUT2D eigenvalue weighted by molar-refractivity contribution is 6.30. The van der Waals surface area contributed by atoms with Crippen LogP contribution in [0.15, 0.2) is 30.3 Å². The first-order chi connectivity index (χ1) is 13.9. The van der Waals surface area contributed by atoms with Crippen molar-refractivity contribution in [3.05, 3.63) is 46.6 Å². The lowest BCUT2D eigenvalue weighted by Gasteiger charge is -2.33. The lowest BCUT2D eigenvalue weighted by molar-refractivity contribution is -0.239. The highest BCUT2D eigenvalue weighted by Gasteiger charge is 2.66. The van der Waals surface area contributed by atoms with E-state index in [1.54, 1.807) is 30.3 Å². The predicted octanol–water partition coefficient (Wildman–Crippen LogP) is 4.92. The van der Waals surface area contributed by atoms with Crippen molar-refractivity contribution in [1.29, 1.82) is 0 Å². The summed E-state index contributed by atoms with van der Waals surface area (Å²) in [5.41, 5.74) is -0.696. The lowest BCUT2D eigenvalue weighted by atomic mass is 9.91. The molecule has 1 aliphatic carbocycles. The first-order valence-corrected chi connectivity index (χ1v) is 9.80. The summed E-state index contributed by atoms with van der Waals surface area (Å²) in [6.45, 7) is 2.84. The van der Waals surface area contributed by atoms with Crippen LogP contribution in [0.2, 0.25) is 5.02 Å². The fraction of sp³-hybridized carbons (Fsp3) is 0.429. The number of rotatable bonds is 4. The van der Waals surface area contributed by atoms with Crippen LogP contribution in [0.25, 0.3) is 11.3 Å². The molecular weight excluding hydrogens is 423 g/mol. The van der Waals surface area contributed by atoms with E-state index >= 15 is 0 Å². The Bertz CT molecular complexity index is 986. The van der Waals surface area contributed by atoms with Gasteiger partial charge < -0.3 is 14.5 Å². The molecule has 1 saturated heterocycles. The van der Waals surface area contributed by atoms with E-state index in [1.807, 2.05) is 0 Å². The number of carbonyl (C=O) groups is 2. The molecule has 2 heterocycles. The number of alkyl halides is 3. The molecule has 0 amide bonds. The quantitative estimate of drug-likeness (QED) is 0.540. The number of benzene rings is 1. The molecular formula is C21H19ClF3NO4. The summed E-state index contributed by atoms with van der Waals surface area (Å²) in [5.74, 6) is -4.35. The first-order valence-electron chi connectivity index (χ1n) is 9.43. The van der Waals surface area contributed by atoms with Crippen LogP contribution in [0.5, 0.6) is 0 Å². The topological polar surface area (TPSA) is 68.4 Å². The van der Waals surface area contributed by atoms with Crippen LogP contribution in [0, 0.1) is 5.92 Å². The van der Waals surface area contributed by atoms with Gasteiger partial charge in [0.05, 0.1) is 0 Å². The Morgan fingerprint density at radius 2 is 1.67 bits per heavy atom. The minimum Gasteiger partial charge on any atom is -0.422 e. The molecule has 2 aromatic rings. The molecule has 1 saturated carbocycles. The van der Waals surface area contributed by atoms with E-state index in [4.69, 9.17) is 21.1 Å². The number of halogens is 4. The van der Waals surface area contributed by atoms with E-state index < -0.39 is 35.2 Å². The second kappa shape index (κ2) is 6.77. The first kappa shape index (κ1) is 20.8. The highest BCUT2D eigenvalue weighted by Crippen LogP contribution is 2.59. The summed E-state index contributed by atoms with van der Waals surface area (Å²) in [6.07, 6.45) is -4.82. The van der Waals surface area contributed by atoms with E-state index in [0.29, 0.717) is 16.3 Å². The molecule has 1 aliphatic heterocycles. The molecule has 1 aromatic heterocycles. The van der Waals surface area contributed by atoms with Gasteiger partial charge in [0.2, 0.25) is 0 Å². The number of nitrogens with one attached hydrogen (secondary N) is 1. The zero-order chi connectivity index (χ0) is 21.9. The molecule has 0 atom stereocenters. The SMILES string of the molecule is CC1(C)OC(=O)C(Cc2cc(-c3ccc(Cl)cc3)[nH]c2C2(C(F)(F)F)CC2)C(=O)O1. The summed E-state index contributed by atoms with van der Waals surface area (Å²) in [6, 6.07) is 8.17. The number of cyclic esters (lactones) is 2. The maximum Gasteiger partial charge on any atom is 0.399 e. The van der Waals surface area contributed by atoms with Crippen molar-refractivity contribution in [2.45, 2.75) is 50.5 Å². The molecule has 30 heavy (non-hydrogen) atoms. The zero-order valence-electron chi connectivity index (χ0n) is 16.2. The van der Waals surface area contributed by atoms with Crippen molar-refractivity contribution in [2.75, 3.05) is 0 Å². The number of ether oxygens (including phenoxy) is 2. The standard InChI is InChI=1S/C21H19ClF3NO4/c1-19(2)29-17(27)14(18(28)30-19)9-12-10-15(11-3-5-13(22)6-4-11)26-16(12)20(7-8-20)21(23,24)25/h3-6,10,14,26H,7-9H2,1-2H3. The number of esters is 2. The van der Waals surface area contributed by atoms with Gasteiger partial charge >= 0.3 is 18.1 Å². The fourth-order valence-electron chi connectivity index (χ4n) is 3.80. The summed E-state index contributed by atoms with van der Waals surface area (Å²) in [7, 11) is 0. The van der Waals surface area contributed by atoms with E-state index in [1.165, 1.54) is 13.8 Å². The average molecular weight is 442 g/mol. The molecule has 4 rings (SSSR count). The minimum atomic E-state index is -4.46. The second-order valence-electron chi connectivity index (χ2n) is 8.17. The smallest absolute Gasteiger partial charge is 0.399 e. The molecule has 2 fully saturated rings. The summed E-state index contributed by atoms with van der Waals surface area (Å²) < 4.78 is 51.7. The van der Waals surface area contributed by atoms with Crippen LogP contribution >= 0.6 is 11.6 Å². The Labute approximate surface area is 175 Å². The van der Waals surface area contributed by atoms with Crippen LogP contribution in [-0.2, 0) is 30.9 Å². The third-order valence-electron chi connectivity index (χ3n) is 5.51. The third kappa shape index (κ3) is 3.57. The molecule has 0 unspecified atom stereocenters. The maximum atomic E-state index is 13.8. The largest absolute Gasteiger partial charge is 0.422 e. The number of hydrogen-bond acceptors (Lipinski definition) is 4. The van der Waals surface area contributed by atoms with Crippen LogP contribution < -0.4 is 0 Å². The van der Waals surface area contributed by atoms with E-state index in [2.05, 4.69) is 4.98 Å². The molecule has 1 N–H and O–H groups in total. The van der Waals surface area contributed by atoms with Crippen molar-refractivity contribution in [1.82, 2.24) is 4.98 Å².